The molecule has 1 aliphatic rings. The molecular weight excluding hydrogens is 326 g/mol. The maximum absolute atomic E-state index is 12.4. The highest BCUT2D eigenvalue weighted by Crippen LogP contribution is 2.40. The van der Waals surface area contributed by atoms with Crippen LogP contribution in [0.1, 0.15) is 21.5 Å². The van der Waals surface area contributed by atoms with Crippen molar-refractivity contribution in [1.82, 2.24) is 4.40 Å². The van der Waals surface area contributed by atoms with Crippen molar-refractivity contribution in [3.63, 3.8) is 0 Å². The monoisotopic (exact) mass is 341 g/mol. The summed E-state index contributed by atoms with van der Waals surface area (Å²) in [6.07, 6.45) is 3.54. The Kier molecular flexibility index (Phi) is 3.50. The summed E-state index contributed by atoms with van der Waals surface area (Å²) in [5.41, 5.74) is 5.77. The number of esters is 1. The summed E-state index contributed by atoms with van der Waals surface area (Å²) in [7, 11) is 3.07. The van der Waals surface area contributed by atoms with Gasteiger partial charge in [-0.25, -0.2) is 4.79 Å². The van der Waals surface area contributed by atoms with Crippen molar-refractivity contribution in [2.24, 2.45) is 0 Å². The zero-order valence-electron chi connectivity index (χ0n) is 13.4. The molecule has 0 fully saturated rings. The Morgan fingerprint density at radius 1 is 1.17 bits per heavy atom. The first-order valence-corrected chi connectivity index (χ1v) is 8.10. The second-order valence-corrected chi connectivity index (χ2v) is 6.25. The van der Waals surface area contributed by atoms with Crippen LogP contribution in [0.2, 0.25) is 5.02 Å². The molecule has 0 amide bonds. The molecule has 2 heterocycles. The van der Waals surface area contributed by atoms with Gasteiger partial charge in [0, 0.05) is 16.8 Å². The van der Waals surface area contributed by atoms with Crippen LogP contribution in [0.3, 0.4) is 0 Å². The molecule has 4 rings (SSSR count). The molecule has 4 nitrogen and oxygen atoms in total. The molecule has 2 aromatic heterocycles. The number of aromatic nitrogens is 1. The van der Waals surface area contributed by atoms with Gasteiger partial charge in [0.1, 0.15) is 5.75 Å². The molecule has 1 aliphatic carbocycles. The van der Waals surface area contributed by atoms with E-state index in [0.717, 1.165) is 40.9 Å². The lowest BCUT2D eigenvalue weighted by atomic mass is 9.88. The molecule has 122 valence electrons. The highest BCUT2D eigenvalue weighted by molar-refractivity contribution is 6.31. The molecule has 0 spiro atoms. The van der Waals surface area contributed by atoms with Crippen LogP contribution in [-0.4, -0.2) is 24.6 Å². The molecule has 0 unspecified atom stereocenters. The number of hydrogen-bond donors (Lipinski definition) is 0. The summed E-state index contributed by atoms with van der Waals surface area (Å²) in [5.74, 6) is 0.516. The van der Waals surface area contributed by atoms with Crippen molar-refractivity contribution < 1.29 is 14.3 Å². The number of ether oxygens (including phenoxy) is 2. The Bertz CT molecular complexity index is 974. The summed E-state index contributed by atoms with van der Waals surface area (Å²) < 4.78 is 12.4. The summed E-state index contributed by atoms with van der Waals surface area (Å²) in [6.45, 7) is 0. The van der Waals surface area contributed by atoms with E-state index >= 15 is 0 Å². The van der Waals surface area contributed by atoms with Gasteiger partial charge in [-0.2, -0.15) is 0 Å². The third-order valence-electron chi connectivity index (χ3n) is 4.60. The topological polar surface area (TPSA) is 39.9 Å². The highest BCUT2D eigenvalue weighted by atomic mass is 35.5. The van der Waals surface area contributed by atoms with Crippen LogP contribution >= 0.6 is 11.6 Å². The molecule has 0 saturated carbocycles. The molecule has 0 aliphatic heterocycles. The average molecular weight is 342 g/mol. The molecule has 5 heteroatoms. The van der Waals surface area contributed by atoms with E-state index in [9.17, 15) is 4.79 Å². The van der Waals surface area contributed by atoms with Gasteiger partial charge in [-0.05, 0) is 54.3 Å². The van der Waals surface area contributed by atoms with Gasteiger partial charge in [0.2, 0.25) is 0 Å². The zero-order chi connectivity index (χ0) is 16.8. The standard InChI is InChI=1S/C19H16ClNO3/c1-23-13-4-6-14-11(9-13)3-5-15-17(19(22)24-2)16-10-12(20)7-8-21(16)18(14)15/h4,6-10H,3,5H2,1-2H3. The van der Waals surface area contributed by atoms with Crippen molar-refractivity contribution in [2.45, 2.75) is 12.8 Å². The Morgan fingerprint density at radius 3 is 2.75 bits per heavy atom. The first-order valence-electron chi connectivity index (χ1n) is 7.72. The Hall–Kier alpha value is -2.46. The summed E-state index contributed by atoms with van der Waals surface area (Å²) >= 11 is 6.16. The number of methoxy groups -OCH3 is 2. The van der Waals surface area contributed by atoms with Crippen LogP contribution in [0.15, 0.2) is 36.5 Å². The Balaban J connectivity index is 2.07. The first-order chi connectivity index (χ1) is 11.6. The van der Waals surface area contributed by atoms with E-state index in [0.29, 0.717) is 10.6 Å². The van der Waals surface area contributed by atoms with Crippen molar-refractivity contribution in [2.75, 3.05) is 14.2 Å². The van der Waals surface area contributed by atoms with Crippen LogP contribution in [0.5, 0.6) is 5.75 Å². The van der Waals surface area contributed by atoms with Crippen molar-refractivity contribution in [1.29, 1.82) is 0 Å². The number of carbonyl (C=O) groups excluding carboxylic acids is 1. The normalized spacial score (nSPS) is 12.6. The van der Waals surface area contributed by atoms with E-state index in [2.05, 4.69) is 6.07 Å². The number of nitrogens with zero attached hydrogens (tertiary/aromatic N) is 1. The molecule has 0 bridgehead atoms. The van der Waals surface area contributed by atoms with E-state index in [1.54, 1.807) is 7.11 Å². The largest absolute Gasteiger partial charge is 0.497 e. The number of rotatable bonds is 2. The van der Waals surface area contributed by atoms with E-state index in [-0.39, 0.29) is 5.97 Å². The lowest BCUT2D eigenvalue weighted by Gasteiger charge is -2.19. The van der Waals surface area contributed by atoms with Crippen molar-refractivity contribution >= 4 is 23.1 Å². The third-order valence-corrected chi connectivity index (χ3v) is 4.84. The molecule has 1 aromatic carbocycles. The summed E-state index contributed by atoms with van der Waals surface area (Å²) in [6, 6.07) is 9.70. The van der Waals surface area contributed by atoms with Crippen molar-refractivity contribution in [3.05, 3.63) is 58.2 Å². The minimum Gasteiger partial charge on any atom is -0.497 e. The second-order valence-electron chi connectivity index (χ2n) is 5.82. The molecule has 0 atom stereocenters. The van der Waals surface area contributed by atoms with Crippen LogP contribution in [0.25, 0.3) is 16.8 Å². The Morgan fingerprint density at radius 2 is 2.00 bits per heavy atom. The highest BCUT2D eigenvalue weighted by Gasteiger charge is 2.28. The van der Waals surface area contributed by atoms with Crippen LogP contribution in [0.4, 0.5) is 0 Å². The number of carbonyl (C=O) groups is 1. The molecular formula is C19H16ClNO3. The maximum atomic E-state index is 12.4. The first kappa shape index (κ1) is 15.1. The molecule has 0 saturated heterocycles. The number of halogens is 1. The zero-order valence-corrected chi connectivity index (χ0v) is 14.2. The van der Waals surface area contributed by atoms with Gasteiger partial charge in [-0.15, -0.1) is 0 Å². The smallest absolute Gasteiger partial charge is 0.340 e. The predicted octanol–water partition coefficient (Wildman–Crippen LogP) is 4.15. The molecule has 0 N–H and O–H groups in total. The van der Waals surface area contributed by atoms with Gasteiger partial charge < -0.3 is 13.9 Å². The molecule has 24 heavy (non-hydrogen) atoms. The summed E-state index contributed by atoms with van der Waals surface area (Å²) in [4.78, 5) is 12.4. The number of aryl methyl sites for hydroxylation is 1. The van der Waals surface area contributed by atoms with E-state index in [1.807, 2.05) is 34.9 Å². The average Bonchev–Trinajstić information content (AvgIpc) is 2.94. The fourth-order valence-corrected chi connectivity index (χ4v) is 3.70. The van der Waals surface area contributed by atoms with Gasteiger partial charge in [0.15, 0.2) is 0 Å². The van der Waals surface area contributed by atoms with Gasteiger partial charge in [-0.3, -0.25) is 0 Å². The van der Waals surface area contributed by atoms with Gasteiger partial charge in [-0.1, -0.05) is 11.6 Å². The number of pyridine rings is 1. The molecule has 3 aromatic rings. The van der Waals surface area contributed by atoms with Gasteiger partial charge in [0.25, 0.3) is 0 Å². The van der Waals surface area contributed by atoms with Crippen LogP contribution < -0.4 is 4.74 Å². The third kappa shape index (κ3) is 2.10. The predicted molar refractivity (Wildman–Crippen MR) is 93.1 cm³/mol. The van der Waals surface area contributed by atoms with Gasteiger partial charge in [0.05, 0.1) is 31.0 Å². The fraction of sp³-hybridized carbons (Fsp3) is 0.211. The van der Waals surface area contributed by atoms with E-state index < -0.39 is 0 Å². The lowest BCUT2D eigenvalue weighted by Crippen LogP contribution is -2.09. The molecule has 0 radical (unpaired) electrons. The van der Waals surface area contributed by atoms with Crippen LogP contribution in [-0.2, 0) is 17.6 Å². The van der Waals surface area contributed by atoms with E-state index in [4.69, 9.17) is 21.1 Å². The minimum absolute atomic E-state index is 0.326. The minimum atomic E-state index is -0.326. The van der Waals surface area contributed by atoms with Crippen LogP contribution in [0, 0.1) is 0 Å². The fourth-order valence-electron chi connectivity index (χ4n) is 3.54. The summed E-state index contributed by atoms with van der Waals surface area (Å²) in [5, 5.41) is 0.595. The van der Waals surface area contributed by atoms with Gasteiger partial charge >= 0.3 is 5.97 Å². The Labute approximate surface area is 144 Å². The second kappa shape index (κ2) is 5.56. The SMILES string of the molecule is COC(=O)c1c2c(n3ccc(Cl)cc13)-c1ccc(OC)cc1CC2. The number of fused-ring (bicyclic) bond motifs is 5. The maximum Gasteiger partial charge on any atom is 0.340 e. The van der Waals surface area contributed by atoms with Crippen molar-refractivity contribution in [3.8, 4) is 17.0 Å². The quantitative estimate of drug-likeness (QED) is 0.657. The number of benzene rings is 1. The lowest BCUT2D eigenvalue weighted by molar-refractivity contribution is 0.0602. The van der Waals surface area contributed by atoms with E-state index in [1.165, 1.54) is 12.7 Å². The number of hydrogen-bond acceptors (Lipinski definition) is 3.